The monoisotopic (exact) mass is 386 g/mol. The molecule has 2 fully saturated rings. The Bertz CT molecular complexity index is 654. The van der Waals surface area contributed by atoms with Crippen molar-refractivity contribution in [2.24, 2.45) is 0 Å². The lowest BCUT2D eigenvalue weighted by molar-refractivity contribution is -0.122. The smallest absolute Gasteiger partial charge is 0.241 e. The molecule has 1 aromatic rings. The van der Waals surface area contributed by atoms with Crippen molar-refractivity contribution < 1.29 is 4.79 Å². The molecule has 0 bridgehead atoms. The molecule has 1 N–H and O–H groups in total. The Morgan fingerprint density at radius 2 is 1.75 bits per heavy atom. The first-order valence-corrected chi connectivity index (χ1v) is 10.9. The fourth-order valence-corrected chi connectivity index (χ4v) is 4.74. The molecule has 0 aliphatic carbocycles. The number of nitrogens with one attached hydrogen (secondary N) is 1. The largest absolute Gasteiger partial charge is 0.324 e. The number of carbonyl (C=O) groups excluding carboxylic acids is 1. The summed E-state index contributed by atoms with van der Waals surface area (Å²) >= 11 is 0. The summed E-state index contributed by atoms with van der Waals surface area (Å²) in [6.45, 7) is 14.1. The molecule has 2 unspecified atom stereocenters. The normalized spacial score (nSPS) is 24.4. The molecule has 0 spiro atoms. The molecule has 5 nitrogen and oxygen atoms in total. The number of para-hydroxylation sites is 1. The number of hydrogen-bond donors (Lipinski definition) is 1. The molecule has 0 radical (unpaired) electrons. The molecule has 1 amide bonds. The van der Waals surface area contributed by atoms with Crippen LogP contribution in [0.1, 0.15) is 52.0 Å². The van der Waals surface area contributed by atoms with Crippen LogP contribution < -0.4 is 5.32 Å². The average Bonchev–Trinajstić information content (AvgIpc) is 2.68. The Balaban J connectivity index is 1.57. The van der Waals surface area contributed by atoms with Gasteiger partial charge in [0.15, 0.2) is 0 Å². The Morgan fingerprint density at radius 3 is 2.39 bits per heavy atom. The quantitative estimate of drug-likeness (QED) is 0.843. The van der Waals surface area contributed by atoms with Crippen molar-refractivity contribution in [3.05, 3.63) is 29.8 Å². The van der Waals surface area contributed by atoms with Gasteiger partial charge in [0, 0.05) is 37.4 Å². The first-order chi connectivity index (χ1) is 13.4. The molecule has 2 saturated heterocycles. The van der Waals surface area contributed by atoms with Crippen molar-refractivity contribution in [1.29, 1.82) is 0 Å². The third-order valence-corrected chi connectivity index (χ3v) is 6.64. The zero-order chi connectivity index (χ0) is 20.3. The van der Waals surface area contributed by atoms with E-state index in [1.165, 1.54) is 31.5 Å². The van der Waals surface area contributed by atoms with E-state index in [0.717, 1.165) is 25.3 Å². The minimum atomic E-state index is -0.109. The number of piperazine rings is 1. The fourth-order valence-electron chi connectivity index (χ4n) is 4.74. The lowest BCUT2D eigenvalue weighted by Gasteiger charge is -2.47. The van der Waals surface area contributed by atoms with Crippen molar-refractivity contribution in [3.63, 3.8) is 0 Å². The Morgan fingerprint density at radius 1 is 1.07 bits per heavy atom. The van der Waals surface area contributed by atoms with Crippen LogP contribution in [0.2, 0.25) is 0 Å². The van der Waals surface area contributed by atoms with E-state index in [-0.39, 0.29) is 11.9 Å². The molecule has 156 valence electrons. The summed E-state index contributed by atoms with van der Waals surface area (Å²) in [6, 6.07) is 9.25. The van der Waals surface area contributed by atoms with Crippen molar-refractivity contribution in [2.45, 2.75) is 64.6 Å². The van der Waals surface area contributed by atoms with Crippen molar-refractivity contribution in [2.75, 3.05) is 45.1 Å². The van der Waals surface area contributed by atoms with E-state index in [9.17, 15) is 4.79 Å². The van der Waals surface area contributed by atoms with Gasteiger partial charge in [-0.3, -0.25) is 14.6 Å². The van der Waals surface area contributed by atoms with E-state index in [0.29, 0.717) is 18.0 Å². The predicted octanol–water partition coefficient (Wildman–Crippen LogP) is 3.24. The maximum atomic E-state index is 12.9. The third kappa shape index (κ3) is 4.94. The van der Waals surface area contributed by atoms with E-state index in [2.05, 4.69) is 53.9 Å². The Labute approximate surface area is 171 Å². The summed E-state index contributed by atoms with van der Waals surface area (Å²) in [6.07, 6.45) is 2.53. The highest BCUT2D eigenvalue weighted by Crippen LogP contribution is 2.25. The molecule has 2 heterocycles. The molecule has 2 atom stereocenters. The predicted molar refractivity (Wildman–Crippen MR) is 117 cm³/mol. The molecule has 2 aliphatic rings. The molecule has 1 aromatic carbocycles. The summed E-state index contributed by atoms with van der Waals surface area (Å²) in [7, 11) is 2.22. The average molecular weight is 387 g/mol. The zero-order valence-corrected chi connectivity index (χ0v) is 18.3. The van der Waals surface area contributed by atoms with E-state index in [1.54, 1.807) is 0 Å². The van der Waals surface area contributed by atoms with Gasteiger partial charge in [-0.1, -0.05) is 32.0 Å². The molecule has 28 heavy (non-hydrogen) atoms. The number of nitrogens with zero attached hydrogens (tertiary/aromatic N) is 3. The van der Waals surface area contributed by atoms with Gasteiger partial charge in [-0.2, -0.15) is 0 Å². The summed E-state index contributed by atoms with van der Waals surface area (Å²) in [5, 5.41) is 3.18. The zero-order valence-electron chi connectivity index (χ0n) is 18.3. The van der Waals surface area contributed by atoms with Gasteiger partial charge < -0.3 is 10.2 Å². The van der Waals surface area contributed by atoms with Crippen molar-refractivity contribution >= 4 is 11.6 Å². The molecule has 0 saturated carbocycles. The SMILES string of the molecule is CC(C)c1ccccc1NC(=O)C(C)N1CCN(C2CCN(C)CC2)C(C)C1. The second-order valence-corrected chi connectivity index (χ2v) is 9.02. The standard InChI is InChI=1S/C23H38N4O/c1-17(2)21-8-6-7-9-22(21)24-23(28)19(4)26-14-15-27(18(3)16-26)20-10-12-25(5)13-11-20/h6-9,17-20H,10-16H2,1-5H3,(H,24,28). The summed E-state index contributed by atoms with van der Waals surface area (Å²) in [4.78, 5) is 20.4. The van der Waals surface area contributed by atoms with E-state index in [1.807, 2.05) is 25.1 Å². The Kier molecular flexibility index (Phi) is 7.13. The summed E-state index contributed by atoms with van der Waals surface area (Å²) in [5.74, 6) is 0.498. The maximum absolute atomic E-state index is 12.9. The van der Waals surface area contributed by atoms with E-state index in [4.69, 9.17) is 0 Å². The lowest BCUT2D eigenvalue weighted by atomic mass is 9.99. The number of likely N-dealkylation sites (tertiary alicyclic amines) is 1. The number of amides is 1. The van der Waals surface area contributed by atoms with Gasteiger partial charge in [-0.25, -0.2) is 0 Å². The van der Waals surface area contributed by atoms with Gasteiger partial charge >= 0.3 is 0 Å². The molecular weight excluding hydrogens is 348 g/mol. The number of carbonyl (C=O) groups is 1. The molecule has 3 rings (SSSR count). The third-order valence-electron chi connectivity index (χ3n) is 6.64. The molecule has 5 heteroatoms. The number of rotatable bonds is 5. The minimum absolute atomic E-state index is 0.105. The Hall–Kier alpha value is -1.43. The molecular formula is C23H38N4O. The number of benzene rings is 1. The van der Waals surface area contributed by atoms with Crippen molar-refractivity contribution in [1.82, 2.24) is 14.7 Å². The van der Waals surface area contributed by atoms with Gasteiger partial charge in [0.25, 0.3) is 0 Å². The van der Waals surface area contributed by atoms with Crippen LogP contribution in [0.15, 0.2) is 24.3 Å². The second-order valence-electron chi connectivity index (χ2n) is 9.02. The minimum Gasteiger partial charge on any atom is -0.324 e. The number of anilines is 1. The van der Waals surface area contributed by atoms with Crippen LogP contribution >= 0.6 is 0 Å². The first-order valence-electron chi connectivity index (χ1n) is 10.9. The highest BCUT2D eigenvalue weighted by molar-refractivity contribution is 5.95. The van der Waals surface area contributed by atoms with Gasteiger partial charge in [-0.05, 0) is 64.4 Å². The van der Waals surface area contributed by atoms with Crippen LogP contribution in [-0.2, 0) is 4.79 Å². The van der Waals surface area contributed by atoms with Crippen LogP contribution in [-0.4, -0.2) is 78.5 Å². The molecule has 0 aromatic heterocycles. The number of piperidine rings is 1. The number of hydrogen-bond acceptors (Lipinski definition) is 4. The second kappa shape index (κ2) is 9.38. The van der Waals surface area contributed by atoms with Crippen LogP contribution in [0.3, 0.4) is 0 Å². The van der Waals surface area contributed by atoms with Crippen LogP contribution in [0, 0.1) is 0 Å². The van der Waals surface area contributed by atoms with Crippen LogP contribution in [0.4, 0.5) is 5.69 Å². The summed E-state index contributed by atoms with van der Waals surface area (Å²) in [5.41, 5.74) is 2.15. The van der Waals surface area contributed by atoms with Gasteiger partial charge in [-0.15, -0.1) is 0 Å². The van der Waals surface area contributed by atoms with E-state index >= 15 is 0 Å². The fraction of sp³-hybridized carbons (Fsp3) is 0.696. The van der Waals surface area contributed by atoms with E-state index < -0.39 is 0 Å². The van der Waals surface area contributed by atoms with Crippen LogP contribution in [0.5, 0.6) is 0 Å². The lowest BCUT2D eigenvalue weighted by Crippen LogP contribution is -2.60. The van der Waals surface area contributed by atoms with Gasteiger partial charge in [0.2, 0.25) is 5.91 Å². The molecule has 2 aliphatic heterocycles. The van der Waals surface area contributed by atoms with Gasteiger partial charge in [0.1, 0.15) is 0 Å². The highest BCUT2D eigenvalue weighted by Gasteiger charge is 2.34. The topological polar surface area (TPSA) is 38.8 Å². The maximum Gasteiger partial charge on any atom is 0.241 e. The van der Waals surface area contributed by atoms with Crippen molar-refractivity contribution in [3.8, 4) is 0 Å². The first kappa shape index (κ1) is 21.3. The van der Waals surface area contributed by atoms with Gasteiger partial charge in [0.05, 0.1) is 6.04 Å². The van der Waals surface area contributed by atoms with Crippen LogP contribution in [0.25, 0.3) is 0 Å². The highest BCUT2D eigenvalue weighted by atomic mass is 16.2. The summed E-state index contributed by atoms with van der Waals surface area (Å²) < 4.78 is 0.